The molecular weight excluding hydrogens is 404 g/mol. The van der Waals surface area contributed by atoms with Crippen molar-refractivity contribution in [3.05, 3.63) is 59.7 Å². The first-order chi connectivity index (χ1) is 15.7. The highest BCUT2D eigenvalue weighted by Gasteiger charge is 2.24. The van der Waals surface area contributed by atoms with Gasteiger partial charge in [0.1, 0.15) is 18.1 Å². The molecule has 1 heterocycles. The van der Waals surface area contributed by atoms with Crippen molar-refractivity contribution in [3.63, 3.8) is 0 Å². The lowest BCUT2D eigenvalue weighted by Crippen LogP contribution is -2.42. The van der Waals surface area contributed by atoms with Crippen molar-refractivity contribution in [1.82, 2.24) is 15.5 Å². The van der Waals surface area contributed by atoms with Crippen molar-refractivity contribution < 1.29 is 14.2 Å². The van der Waals surface area contributed by atoms with Crippen LogP contribution in [0.25, 0.3) is 0 Å². The molecule has 1 unspecified atom stereocenters. The minimum Gasteiger partial charge on any atom is -0.497 e. The molecule has 2 aromatic carbocycles. The lowest BCUT2D eigenvalue weighted by Gasteiger charge is -2.29. The molecule has 0 aliphatic carbocycles. The Morgan fingerprint density at radius 3 is 2.47 bits per heavy atom. The zero-order valence-electron chi connectivity index (χ0n) is 19.5. The Hall–Kier alpha value is -2.77. The fraction of sp³-hybridized carbons (Fsp3) is 0.480. The Bertz CT molecular complexity index is 835. The van der Waals surface area contributed by atoms with E-state index in [0.717, 1.165) is 42.7 Å². The average molecular weight is 441 g/mol. The Labute approximate surface area is 191 Å². The summed E-state index contributed by atoms with van der Waals surface area (Å²) in [5.41, 5.74) is 2.43. The summed E-state index contributed by atoms with van der Waals surface area (Å²) >= 11 is 0. The summed E-state index contributed by atoms with van der Waals surface area (Å²) in [5.74, 6) is 2.53. The third kappa shape index (κ3) is 7.14. The zero-order chi connectivity index (χ0) is 22.6. The van der Waals surface area contributed by atoms with Crippen LogP contribution in [0.3, 0.4) is 0 Å². The topological polar surface area (TPSA) is 67.4 Å². The number of ether oxygens (including phenoxy) is 3. The van der Waals surface area contributed by atoms with Gasteiger partial charge in [-0.2, -0.15) is 0 Å². The zero-order valence-corrected chi connectivity index (χ0v) is 19.5. The molecule has 0 aromatic heterocycles. The number of hydrogen-bond donors (Lipinski definition) is 2. The first-order valence-electron chi connectivity index (χ1n) is 11.3. The normalized spacial score (nSPS) is 15.4. The van der Waals surface area contributed by atoms with Crippen molar-refractivity contribution in [2.45, 2.75) is 25.4 Å². The van der Waals surface area contributed by atoms with E-state index in [4.69, 9.17) is 14.2 Å². The Morgan fingerprint density at radius 2 is 1.78 bits per heavy atom. The monoisotopic (exact) mass is 440 g/mol. The third-order valence-corrected chi connectivity index (χ3v) is 5.69. The van der Waals surface area contributed by atoms with Gasteiger partial charge < -0.3 is 24.8 Å². The number of aliphatic imine (C=N–C) groups is 1. The van der Waals surface area contributed by atoms with Crippen molar-refractivity contribution in [1.29, 1.82) is 0 Å². The van der Waals surface area contributed by atoms with E-state index < -0.39 is 0 Å². The molecule has 0 spiro atoms. The maximum atomic E-state index is 5.63. The van der Waals surface area contributed by atoms with Crippen LogP contribution in [0.1, 0.15) is 30.0 Å². The lowest BCUT2D eigenvalue weighted by atomic mass is 10.1. The van der Waals surface area contributed by atoms with Gasteiger partial charge in [0.2, 0.25) is 0 Å². The van der Waals surface area contributed by atoms with E-state index in [0.29, 0.717) is 19.8 Å². The molecule has 0 saturated carbocycles. The van der Waals surface area contributed by atoms with Gasteiger partial charge in [-0.1, -0.05) is 24.3 Å². The van der Waals surface area contributed by atoms with E-state index >= 15 is 0 Å². The quantitative estimate of drug-likeness (QED) is 0.318. The Balaban J connectivity index is 1.55. The van der Waals surface area contributed by atoms with Crippen molar-refractivity contribution in [2.24, 2.45) is 4.99 Å². The highest BCUT2D eigenvalue weighted by Crippen LogP contribution is 2.27. The van der Waals surface area contributed by atoms with Crippen LogP contribution < -0.4 is 20.1 Å². The second-order valence-electron chi connectivity index (χ2n) is 7.83. The summed E-state index contributed by atoms with van der Waals surface area (Å²) < 4.78 is 16.1. The Morgan fingerprint density at radius 1 is 1.00 bits per heavy atom. The second-order valence-corrected chi connectivity index (χ2v) is 7.83. The van der Waals surface area contributed by atoms with Gasteiger partial charge in [-0.3, -0.25) is 9.89 Å². The minimum atomic E-state index is 0.273. The molecule has 2 N–H and O–H groups in total. The maximum Gasteiger partial charge on any atom is 0.191 e. The summed E-state index contributed by atoms with van der Waals surface area (Å²) in [4.78, 5) is 6.95. The van der Waals surface area contributed by atoms with Gasteiger partial charge in [-0.05, 0) is 61.3 Å². The summed E-state index contributed by atoms with van der Waals surface area (Å²) in [6.45, 7) is 4.84. The molecule has 3 rings (SSSR count). The van der Waals surface area contributed by atoms with Gasteiger partial charge in [0, 0.05) is 27.2 Å². The molecule has 7 heteroatoms. The molecule has 1 aliphatic rings. The van der Waals surface area contributed by atoms with E-state index in [2.05, 4.69) is 50.9 Å². The van der Waals surface area contributed by atoms with Crippen molar-refractivity contribution >= 4 is 5.96 Å². The molecule has 1 aliphatic heterocycles. The molecule has 1 saturated heterocycles. The van der Waals surface area contributed by atoms with Crippen LogP contribution in [0.2, 0.25) is 0 Å². The van der Waals surface area contributed by atoms with E-state index in [9.17, 15) is 0 Å². The molecule has 1 atom stereocenters. The predicted molar refractivity (Wildman–Crippen MR) is 129 cm³/mol. The third-order valence-electron chi connectivity index (χ3n) is 5.69. The van der Waals surface area contributed by atoms with Crippen molar-refractivity contribution in [2.75, 3.05) is 54.1 Å². The lowest BCUT2D eigenvalue weighted by molar-refractivity contribution is 0.146. The average Bonchev–Trinajstić information content (AvgIpc) is 3.37. The van der Waals surface area contributed by atoms with Crippen LogP contribution in [0.4, 0.5) is 0 Å². The summed E-state index contributed by atoms with van der Waals surface area (Å²) in [6, 6.07) is 16.7. The molecule has 1 fully saturated rings. The number of rotatable bonds is 11. The van der Waals surface area contributed by atoms with Gasteiger partial charge in [0.25, 0.3) is 0 Å². The van der Waals surface area contributed by atoms with Gasteiger partial charge in [-0.15, -0.1) is 0 Å². The summed E-state index contributed by atoms with van der Waals surface area (Å²) in [5, 5.41) is 6.93. The van der Waals surface area contributed by atoms with Gasteiger partial charge in [-0.25, -0.2) is 0 Å². The maximum absolute atomic E-state index is 5.63. The van der Waals surface area contributed by atoms with E-state index in [1.54, 1.807) is 21.3 Å². The van der Waals surface area contributed by atoms with Gasteiger partial charge >= 0.3 is 0 Å². The summed E-state index contributed by atoms with van der Waals surface area (Å²) in [6.07, 6.45) is 2.50. The SMILES string of the molecule is CN=C(NCc1ccc(OCCOC)cc1)NCC(c1cccc(OC)c1)N1CCCC1. The second kappa shape index (κ2) is 12.9. The molecule has 0 amide bonds. The van der Waals surface area contributed by atoms with Gasteiger partial charge in [0.15, 0.2) is 5.96 Å². The molecule has 7 nitrogen and oxygen atoms in total. The van der Waals surface area contributed by atoms with E-state index in [1.165, 1.54) is 18.4 Å². The molecule has 2 aromatic rings. The standard InChI is InChI=1S/C25H36N4O3/c1-26-25(27-18-20-9-11-22(12-10-20)32-16-15-30-2)28-19-24(29-13-4-5-14-29)21-7-6-8-23(17-21)31-3/h6-12,17,24H,4-5,13-16,18-19H2,1-3H3,(H2,26,27,28). The van der Waals surface area contributed by atoms with Crippen LogP contribution in [0, 0.1) is 0 Å². The van der Waals surface area contributed by atoms with Crippen LogP contribution in [-0.4, -0.2) is 65.0 Å². The molecule has 0 radical (unpaired) electrons. The van der Waals surface area contributed by atoms with Gasteiger partial charge in [0.05, 0.1) is 19.8 Å². The van der Waals surface area contributed by atoms with Crippen LogP contribution in [0.15, 0.2) is 53.5 Å². The first kappa shape index (κ1) is 23.9. The fourth-order valence-electron chi connectivity index (χ4n) is 3.91. The van der Waals surface area contributed by atoms with Crippen LogP contribution in [-0.2, 0) is 11.3 Å². The first-order valence-corrected chi connectivity index (χ1v) is 11.3. The highest BCUT2D eigenvalue weighted by atomic mass is 16.5. The number of benzene rings is 2. The van der Waals surface area contributed by atoms with Crippen LogP contribution >= 0.6 is 0 Å². The highest BCUT2D eigenvalue weighted by molar-refractivity contribution is 5.79. The van der Waals surface area contributed by atoms with E-state index in [-0.39, 0.29) is 6.04 Å². The number of methoxy groups -OCH3 is 2. The fourth-order valence-corrected chi connectivity index (χ4v) is 3.91. The summed E-state index contributed by atoms with van der Waals surface area (Å²) in [7, 11) is 5.19. The molecule has 174 valence electrons. The van der Waals surface area contributed by atoms with Crippen molar-refractivity contribution in [3.8, 4) is 11.5 Å². The molecule has 0 bridgehead atoms. The van der Waals surface area contributed by atoms with Crippen LogP contribution in [0.5, 0.6) is 11.5 Å². The number of nitrogens with zero attached hydrogens (tertiary/aromatic N) is 2. The number of nitrogens with one attached hydrogen (secondary N) is 2. The number of hydrogen-bond acceptors (Lipinski definition) is 5. The Kier molecular flexibility index (Phi) is 9.65. The number of guanidine groups is 1. The smallest absolute Gasteiger partial charge is 0.191 e. The predicted octanol–water partition coefficient (Wildman–Crippen LogP) is 3.22. The van der Waals surface area contributed by atoms with E-state index in [1.807, 2.05) is 18.2 Å². The number of likely N-dealkylation sites (tertiary alicyclic amines) is 1. The minimum absolute atomic E-state index is 0.273. The largest absolute Gasteiger partial charge is 0.497 e. The molecule has 32 heavy (non-hydrogen) atoms. The molecular formula is C25H36N4O3.